The molecule has 0 aromatic carbocycles. The highest BCUT2D eigenvalue weighted by Gasteiger charge is 2.08. The van der Waals surface area contributed by atoms with Gasteiger partial charge >= 0.3 is 5.97 Å². The van der Waals surface area contributed by atoms with Gasteiger partial charge in [0.25, 0.3) is 0 Å². The molecule has 0 aliphatic heterocycles. The third-order valence-corrected chi connectivity index (χ3v) is 5.00. The zero-order valence-electron chi connectivity index (χ0n) is 19.7. The minimum atomic E-state index is -0.994. The van der Waals surface area contributed by atoms with E-state index in [0.717, 1.165) is 12.8 Å². The number of unbranched alkanes of at least 4 members (excludes halogenated alkanes) is 15. The zero-order chi connectivity index (χ0) is 22.9. The molecule has 0 amide bonds. The summed E-state index contributed by atoms with van der Waals surface area (Å²) in [5.74, 6) is -0.504. The Morgan fingerprint density at radius 1 is 0.667 bits per heavy atom. The largest absolute Gasteiger partial charge is 0.464 e. The summed E-state index contributed by atoms with van der Waals surface area (Å²) >= 11 is 0. The highest BCUT2D eigenvalue weighted by molar-refractivity contribution is 5.73. The van der Waals surface area contributed by atoms with Crippen molar-refractivity contribution in [2.75, 3.05) is 19.8 Å². The molecule has 6 heteroatoms. The van der Waals surface area contributed by atoms with Crippen molar-refractivity contribution in [2.45, 2.75) is 129 Å². The molecule has 0 rings (SSSR count). The van der Waals surface area contributed by atoms with Gasteiger partial charge in [-0.2, -0.15) is 0 Å². The van der Waals surface area contributed by atoms with E-state index in [4.69, 9.17) is 25.2 Å². The highest BCUT2D eigenvalue weighted by atomic mass is 16.5. The van der Waals surface area contributed by atoms with Crippen molar-refractivity contribution < 1.29 is 30.0 Å². The first kappa shape index (κ1) is 31.5. The molecule has 0 aliphatic rings. The predicted molar refractivity (Wildman–Crippen MR) is 122 cm³/mol. The van der Waals surface area contributed by atoms with E-state index in [0.29, 0.717) is 6.61 Å². The summed E-state index contributed by atoms with van der Waals surface area (Å²) < 4.78 is 4.93. The van der Waals surface area contributed by atoms with Crippen LogP contribution in [0.15, 0.2) is 0 Å². The Balaban J connectivity index is 0. The van der Waals surface area contributed by atoms with Crippen molar-refractivity contribution in [1.29, 1.82) is 0 Å². The van der Waals surface area contributed by atoms with E-state index in [9.17, 15) is 4.79 Å². The van der Waals surface area contributed by atoms with E-state index in [1.165, 1.54) is 96.8 Å². The fourth-order valence-corrected chi connectivity index (χ4v) is 3.00. The van der Waals surface area contributed by atoms with Crippen LogP contribution >= 0.6 is 0 Å². The number of hydrogen-bond donors (Lipinski definition) is 4. The van der Waals surface area contributed by atoms with Crippen molar-refractivity contribution in [3.8, 4) is 0 Å². The van der Waals surface area contributed by atoms with E-state index in [2.05, 4.69) is 6.92 Å². The van der Waals surface area contributed by atoms with Gasteiger partial charge in [-0.25, -0.2) is 4.79 Å². The van der Waals surface area contributed by atoms with Crippen LogP contribution in [0.25, 0.3) is 0 Å². The van der Waals surface area contributed by atoms with E-state index in [1.807, 2.05) is 0 Å². The fraction of sp³-hybridized carbons (Fsp3) is 0.958. The third kappa shape index (κ3) is 27.3. The van der Waals surface area contributed by atoms with Crippen LogP contribution in [0.5, 0.6) is 0 Å². The Hall–Kier alpha value is -0.690. The molecule has 4 N–H and O–H groups in total. The molecular formula is C24H50O6. The van der Waals surface area contributed by atoms with Gasteiger partial charge in [0.05, 0.1) is 19.8 Å². The molecule has 1 unspecified atom stereocenters. The second kappa shape index (κ2) is 26.3. The first-order valence-electron chi connectivity index (χ1n) is 12.2. The molecule has 0 bridgehead atoms. The second-order valence-electron chi connectivity index (χ2n) is 8.17. The monoisotopic (exact) mass is 434 g/mol. The molecule has 0 radical (unpaired) electrons. The summed E-state index contributed by atoms with van der Waals surface area (Å²) in [6, 6.07) is 0. The molecule has 0 spiro atoms. The van der Waals surface area contributed by atoms with Crippen LogP contribution in [-0.4, -0.2) is 58.4 Å². The zero-order valence-corrected chi connectivity index (χ0v) is 19.7. The Bertz CT molecular complexity index is 332. The van der Waals surface area contributed by atoms with E-state index < -0.39 is 18.2 Å². The molecule has 182 valence electrons. The van der Waals surface area contributed by atoms with Crippen molar-refractivity contribution in [3.63, 3.8) is 0 Å². The Morgan fingerprint density at radius 2 is 1.00 bits per heavy atom. The predicted octanol–water partition coefficient (Wildman–Crippen LogP) is 4.50. The van der Waals surface area contributed by atoms with Crippen LogP contribution in [0.2, 0.25) is 0 Å². The first-order valence-corrected chi connectivity index (χ1v) is 12.2. The van der Waals surface area contributed by atoms with Gasteiger partial charge in [-0.05, 0) is 13.3 Å². The lowest BCUT2D eigenvalue weighted by Gasteiger charge is -2.06. The number of aliphatic hydroxyl groups is 4. The standard InChI is InChI=1S/C21H42O3.C3H8O3/c1-3-4-5-6-7-8-9-10-11-12-13-14-15-16-17-18-19-24-21(23)20(2)22;4-1-3(6)2-5/h20,22H,3-19H2,1-2H3;3-6H,1-2H2. The molecule has 0 fully saturated rings. The smallest absolute Gasteiger partial charge is 0.334 e. The van der Waals surface area contributed by atoms with E-state index >= 15 is 0 Å². The summed E-state index contributed by atoms with van der Waals surface area (Å²) in [6.45, 7) is 3.43. The molecule has 1 atom stereocenters. The molecule has 0 aromatic heterocycles. The van der Waals surface area contributed by atoms with Crippen molar-refractivity contribution in [2.24, 2.45) is 0 Å². The van der Waals surface area contributed by atoms with Crippen LogP contribution in [0.3, 0.4) is 0 Å². The summed E-state index contributed by atoms with van der Waals surface area (Å²) in [7, 11) is 0. The van der Waals surface area contributed by atoms with Gasteiger partial charge in [0.1, 0.15) is 12.2 Å². The number of carbonyl (C=O) groups excluding carboxylic acids is 1. The summed E-state index contributed by atoms with van der Waals surface area (Å²) in [5.41, 5.74) is 0. The van der Waals surface area contributed by atoms with Crippen molar-refractivity contribution >= 4 is 5.97 Å². The van der Waals surface area contributed by atoms with Crippen molar-refractivity contribution in [1.82, 2.24) is 0 Å². The summed E-state index contributed by atoms with van der Waals surface area (Å²) in [5, 5.41) is 33.0. The number of ether oxygens (including phenoxy) is 1. The second-order valence-corrected chi connectivity index (χ2v) is 8.17. The number of hydrogen-bond acceptors (Lipinski definition) is 6. The van der Waals surface area contributed by atoms with Gasteiger partial charge in [-0.1, -0.05) is 103 Å². The lowest BCUT2D eigenvalue weighted by Crippen LogP contribution is -2.19. The molecule has 0 heterocycles. The molecule has 0 saturated heterocycles. The summed E-state index contributed by atoms with van der Waals surface area (Å²) in [6.07, 6.45) is 19.4. The average molecular weight is 435 g/mol. The third-order valence-electron chi connectivity index (χ3n) is 5.00. The topological polar surface area (TPSA) is 107 Å². The number of carbonyl (C=O) groups is 1. The van der Waals surface area contributed by atoms with Gasteiger partial charge in [-0.3, -0.25) is 0 Å². The number of esters is 1. The van der Waals surface area contributed by atoms with Crippen LogP contribution in [0.1, 0.15) is 117 Å². The highest BCUT2D eigenvalue weighted by Crippen LogP contribution is 2.13. The van der Waals surface area contributed by atoms with E-state index in [1.54, 1.807) is 0 Å². The summed E-state index contributed by atoms with van der Waals surface area (Å²) in [4.78, 5) is 11.0. The number of rotatable bonds is 20. The molecule has 6 nitrogen and oxygen atoms in total. The maximum atomic E-state index is 11.0. The lowest BCUT2D eigenvalue weighted by atomic mass is 10.0. The molecule has 30 heavy (non-hydrogen) atoms. The van der Waals surface area contributed by atoms with Gasteiger partial charge in [0.2, 0.25) is 0 Å². The average Bonchev–Trinajstić information content (AvgIpc) is 2.75. The van der Waals surface area contributed by atoms with Crippen LogP contribution in [0, 0.1) is 0 Å². The van der Waals surface area contributed by atoms with Crippen LogP contribution in [0.4, 0.5) is 0 Å². The van der Waals surface area contributed by atoms with Gasteiger partial charge in [-0.15, -0.1) is 0 Å². The SMILES string of the molecule is CCCCCCCCCCCCCCCCCCOC(=O)C(C)O.OCC(O)CO. The van der Waals surface area contributed by atoms with Crippen LogP contribution in [-0.2, 0) is 9.53 Å². The Labute approximate surface area is 185 Å². The van der Waals surface area contributed by atoms with Crippen molar-refractivity contribution in [3.05, 3.63) is 0 Å². The quantitative estimate of drug-likeness (QED) is 0.166. The molecule has 0 aliphatic carbocycles. The van der Waals surface area contributed by atoms with E-state index in [-0.39, 0.29) is 13.2 Å². The van der Waals surface area contributed by atoms with Crippen LogP contribution < -0.4 is 0 Å². The molecule has 0 aromatic rings. The first-order chi connectivity index (χ1) is 14.5. The molecular weight excluding hydrogens is 384 g/mol. The number of aliphatic hydroxyl groups excluding tert-OH is 4. The lowest BCUT2D eigenvalue weighted by molar-refractivity contribution is -0.152. The van der Waals surface area contributed by atoms with Gasteiger partial charge < -0.3 is 25.2 Å². The normalized spacial score (nSPS) is 11.8. The van der Waals surface area contributed by atoms with Gasteiger partial charge in [0, 0.05) is 0 Å². The minimum Gasteiger partial charge on any atom is -0.464 e. The Morgan fingerprint density at radius 3 is 1.27 bits per heavy atom. The fourth-order valence-electron chi connectivity index (χ4n) is 3.00. The molecule has 0 saturated carbocycles. The van der Waals surface area contributed by atoms with Gasteiger partial charge in [0.15, 0.2) is 0 Å². The minimum absolute atomic E-state index is 0.365. The maximum absolute atomic E-state index is 11.0. The Kier molecular flexibility index (Phi) is 27.7. The maximum Gasteiger partial charge on any atom is 0.334 e.